The summed E-state index contributed by atoms with van der Waals surface area (Å²) in [6.45, 7) is 1.53. The summed E-state index contributed by atoms with van der Waals surface area (Å²) >= 11 is 1.15. The minimum atomic E-state index is -0.653. The van der Waals surface area contributed by atoms with Crippen LogP contribution in [-0.2, 0) is 19.3 Å². The number of pyridine rings is 1. The molecule has 0 atom stereocenters. The zero-order valence-corrected chi connectivity index (χ0v) is 18.5. The number of carbonyl (C=O) groups excluding carboxylic acids is 1. The third-order valence-corrected chi connectivity index (χ3v) is 6.07. The monoisotopic (exact) mass is 462 g/mol. The Morgan fingerprint density at radius 1 is 1.18 bits per heavy atom. The summed E-state index contributed by atoms with van der Waals surface area (Å²) in [5, 5.41) is 9.73. The molecule has 0 radical (unpaired) electrons. The normalized spacial score (nSPS) is 10.9. The average molecular weight is 462 g/mol. The van der Waals surface area contributed by atoms with Crippen molar-refractivity contribution in [2.45, 2.75) is 24.2 Å². The zero-order valence-electron chi connectivity index (χ0n) is 17.7. The van der Waals surface area contributed by atoms with Gasteiger partial charge in [0, 0.05) is 24.4 Å². The van der Waals surface area contributed by atoms with Gasteiger partial charge < -0.3 is 9.55 Å². The first-order valence-corrected chi connectivity index (χ1v) is 10.8. The Labute approximate surface area is 190 Å². The number of hydrogen-bond acceptors (Lipinski definition) is 7. The van der Waals surface area contributed by atoms with Crippen molar-refractivity contribution in [2.24, 2.45) is 7.05 Å². The van der Waals surface area contributed by atoms with E-state index in [0.29, 0.717) is 22.1 Å². The summed E-state index contributed by atoms with van der Waals surface area (Å²) in [7, 11) is 1.47. The molecule has 10 nitrogen and oxygen atoms in total. The van der Waals surface area contributed by atoms with Gasteiger partial charge in [-0.2, -0.15) is 5.26 Å². The predicted molar refractivity (Wildman–Crippen MR) is 122 cm³/mol. The fourth-order valence-electron chi connectivity index (χ4n) is 3.43. The summed E-state index contributed by atoms with van der Waals surface area (Å²) in [5.74, 6) is 0.242. The Bertz CT molecular complexity index is 1600. The average Bonchev–Trinajstić information content (AvgIpc) is 3.15. The smallest absolute Gasteiger partial charge is 0.329 e. The van der Waals surface area contributed by atoms with Gasteiger partial charge in [-0.05, 0) is 6.92 Å². The number of rotatable bonds is 6. The SMILES string of the molecule is Cc1cc(=O)c(C#N)c(SCc2nc3c(c(=O)[nH]c(=O)n3C)n2CC(=O)c2ccccc2)[nH]1. The molecule has 0 aliphatic carbocycles. The van der Waals surface area contributed by atoms with E-state index in [-0.39, 0.29) is 34.8 Å². The third kappa shape index (κ3) is 4.16. The molecule has 11 heteroatoms. The van der Waals surface area contributed by atoms with Crippen LogP contribution in [0.5, 0.6) is 0 Å². The van der Waals surface area contributed by atoms with E-state index in [9.17, 15) is 24.4 Å². The quantitative estimate of drug-likeness (QED) is 0.326. The van der Waals surface area contributed by atoms with Gasteiger partial charge in [0.15, 0.2) is 16.9 Å². The molecular formula is C22H18N6O4S. The molecule has 0 aliphatic rings. The van der Waals surface area contributed by atoms with Gasteiger partial charge in [0.25, 0.3) is 5.56 Å². The molecule has 1 aromatic carbocycles. The van der Waals surface area contributed by atoms with Gasteiger partial charge in [-0.3, -0.25) is 23.9 Å². The van der Waals surface area contributed by atoms with Crippen LogP contribution in [0.2, 0.25) is 0 Å². The highest BCUT2D eigenvalue weighted by atomic mass is 32.2. The highest BCUT2D eigenvalue weighted by molar-refractivity contribution is 7.98. The van der Waals surface area contributed by atoms with E-state index >= 15 is 0 Å². The van der Waals surface area contributed by atoms with Crippen molar-refractivity contribution in [3.63, 3.8) is 0 Å². The van der Waals surface area contributed by atoms with Crippen molar-refractivity contribution in [1.82, 2.24) is 24.1 Å². The summed E-state index contributed by atoms with van der Waals surface area (Å²) in [4.78, 5) is 59.4. The van der Waals surface area contributed by atoms with Crippen LogP contribution in [-0.4, -0.2) is 29.9 Å². The second-order valence-electron chi connectivity index (χ2n) is 7.32. The molecule has 2 N–H and O–H groups in total. The molecule has 0 bridgehead atoms. The fraction of sp³-hybridized carbons (Fsp3) is 0.182. The van der Waals surface area contributed by atoms with Gasteiger partial charge in [0.1, 0.15) is 17.5 Å². The van der Waals surface area contributed by atoms with Gasteiger partial charge in [-0.25, -0.2) is 9.78 Å². The summed E-state index contributed by atoms with van der Waals surface area (Å²) in [6.07, 6.45) is 0. The van der Waals surface area contributed by atoms with Crippen molar-refractivity contribution < 1.29 is 4.79 Å². The number of aryl methyl sites for hydroxylation is 2. The van der Waals surface area contributed by atoms with Crippen LogP contribution in [0.25, 0.3) is 11.2 Å². The first-order chi connectivity index (χ1) is 15.8. The van der Waals surface area contributed by atoms with Crippen molar-refractivity contribution in [3.05, 3.63) is 90.1 Å². The topological polar surface area (TPSA) is 146 Å². The lowest BCUT2D eigenvalue weighted by molar-refractivity contribution is 0.0972. The number of imidazole rings is 1. The molecule has 4 rings (SSSR count). The molecule has 4 aromatic rings. The molecule has 0 spiro atoms. The number of nitriles is 1. The van der Waals surface area contributed by atoms with E-state index in [1.54, 1.807) is 37.3 Å². The maximum Gasteiger partial charge on any atom is 0.329 e. The maximum absolute atomic E-state index is 12.9. The Hall–Kier alpha value is -4.17. The Morgan fingerprint density at radius 3 is 2.61 bits per heavy atom. The van der Waals surface area contributed by atoms with Gasteiger partial charge >= 0.3 is 5.69 Å². The van der Waals surface area contributed by atoms with Crippen molar-refractivity contribution >= 4 is 28.7 Å². The van der Waals surface area contributed by atoms with Gasteiger partial charge in [0.2, 0.25) is 5.43 Å². The Balaban J connectivity index is 1.81. The minimum Gasteiger partial charge on any atom is -0.353 e. The van der Waals surface area contributed by atoms with Crippen LogP contribution in [0.4, 0.5) is 0 Å². The summed E-state index contributed by atoms with van der Waals surface area (Å²) in [6, 6.07) is 11.9. The second kappa shape index (κ2) is 8.76. The van der Waals surface area contributed by atoms with E-state index in [1.165, 1.54) is 22.2 Å². The van der Waals surface area contributed by atoms with E-state index in [1.807, 2.05) is 6.07 Å². The molecule has 166 valence electrons. The number of benzene rings is 1. The minimum absolute atomic E-state index is 0.0288. The van der Waals surface area contributed by atoms with E-state index in [4.69, 9.17) is 0 Å². The van der Waals surface area contributed by atoms with Gasteiger partial charge in [-0.15, -0.1) is 0 Å². The lowest BCUT2D eigenvalue weighted by Crippen LogP contribution is -2.29. The zero-order chi connectivity index (χ0) is 23.7. The number of H-pyrrole nitrogens is 2. The number of nitrogens with zero attached hydrogens (tertiary/aromatic N) is 4. The summed E-state index contributed by atoms with van der Waals surface area (Å²) in [5.41, 5.74) is -0.419. The van der Waals surface area contributed by atoms with Crippen LogP contribution >= 0.6 is 11.8 Å². The standard InChI is InChI=1S/C22H18N6O4S/c1-12-8-15(29)14(9-23)21(24-12)33-11-17-25-19-18(20(31)26-22(32)27(19)2)28(17)10-16(30)13-6-4-3-5-7-13/h3-8H,10-11H2,1-2H3,(H,24,29)(H,26,31,32). The van der Waals surface area contributed by atoms with Crippen LogP contribution in [0.15, 0.2) is 55.8 Å². The Morgan fingerprint density at radius 2 is 1.91 bits per heavy atom. The van der Waals surface area contributed by atoms with Crippen LogP contribution in [0.1, 0.15) is 27.4 Å². The first-order valence-electron chi connectivity index (χ1n) is 9.83. The van der Waals surface area contributed by atoms with Crippen molar-refractivity contribution in [3.8, 4) is 6.07 Å². The lowest BCUT2D eigenvalue weighted by atomic mass is 10.1. The molecule has 0 saturated carbocycles. The maximum atomic E-state index is 12.9. The van der Waals surface area contributed by atoms with E-state index < -0.39 is 16.7 Å². The highest BCUT2D eigenvalue weighted by Gasteiger charge is 2.21. The van der Waals surface area contributed by atoms with Crippen molar-refractivity contribution in [1.29, 1.82) is 5.26 Å². The largest absolute Gasteiger partial charge is 0.353 e. The number of hydrogen-bond donors (Lipinski definition) is 2. The molecule has 0 saturated heterocycles. The number of carbonyl (C=O) groups is 1. The number of aromatic nitrogens is 5. The summed E-state index contributed by atoms with van der Waals surface area (Å²) < 4.78 is 2.67. The molecule has 0 aliphatic heterocycles. The Kier molecular flexibility index (Phi) is 5.85. The highest BCUT2D eigenvalue weighted by Crippen LogP contribution is 2.24. The van der Waals surface area contributed by atoms with E-state index in [2.05, 4.69) is 15.0 Å². The molecular weight excluding hydrogens is 444 g/mol. The number of thioether (sulfide) groups is 1. The molecule has 33 heavy (non-hydrogen) atoms. The molecule has 3 heterocycles. The molecule has 0 fully saturated rings. The molecule has 3 aromatic heterocycles. The fourth-order valence-corrected chi connectivity index (χ4v) is 4.45. The number of ketones is 1. The molecule has 0 unspecified atom stereocenters. The van der Waals surface area contributed by atoms with Crippen LogP contribution in [0, 0.1) is 18.3 Å². The molecule has 0 amide bonds. The predicted octanol–water partition coefficient (Wildman–Crippen LogP) is 1.47. The van der Waals surface area contributed by atoms with Gasteiger partial charge in [0.05, 0.1) is 17.3 Å². The number of Topliss-reactive ketones (excluding diaryl/α,β-unsaturated/α-hetero) is 1. The van der Waals surface area contributed by atoms with Crippen LogP contribution < -0.4 is 16.7 Å². The van der Waals surface area contributed by atoms with Gasteiger partial charge in [-0.1, -0.05) is 42.1 Å². The second-order valence-corrected chi connectivity index (χ2v) is 8.30. The number of aromatic amines is 2. The number of fused-ring (bicyclic) bond motifs is 1. The third-order valence-electron chi connectivity index (χ3n) is 5.07. The first kappa shape index (κ1) is 22.0. The number of nitrogens with one attached hydrogen (secondary N) is 2. The lowest BCUT2D eigenvalue weighted by Gasteiger charge is -2.09. The van der Waals surface area contributed by atoms with Crippen LogP contribution in [0.3, 0.4) is 0 Å². The van der Waals surface area contributed by atoms with Crippen molar-refractivity contribution in [2.75, 3.05) is 0 Å². The van der Waals surface area contributed by atoms with E-state index in [0.717, 1.165) is 11.8 Å².